The standard InChI is InChI=1S/C23H26N2O3/c1-15(2)14-25-20(16-10-12-18(13-11-16)24(3)4)19(22(27)23(25)28)21(26)17-8-6-5-7-9-17/h5-13,15,20,26H,14H2,1-4H3/b21-19-. The van der Waals surface area contributed by atoms with E-state index in [1.807, 2.05) is 63.2 Å². The highest BCUT2D eigenvalue weighted by molar-refractivity contribution is 6.46. The summed E-state index contributed by atoms with van der Waals surface area (Å²) in [4.78, 5) is 29.2. The molecular formula is C23H26N2O3. The van der Waals surface area contributed by atoms with E-state index in [2.05, 4.69) is 0 Å². The number of hydrogen-bond acceptors (Lipinski definition) is 4. The number of amides is 1. The van der Waals surface area contributed by atoms with E-state index < -0.39 is 17.7 Å². The zero-order valence-electron chi connectivity index (χ0n) is 16.7. The lowest BCUT2D eigenvalue weighted by molar-refractivity contribution is -0.140. The Morgan fingerprint density at radius 1 is 1.04 bits per heavy atom. The van der Waals surface area contributed by atoms with Crippen molar-refractivity contribution in [2.45, 2.75) is 19.9 Å². The van der Waals surface area contributed by atoms with E-state index in [0.29, 0.717) is 12.1 Å². The Labute approximate surface area is 165 Å². The summed E-state index contributed by atoms with van der Waals surface area (Å²) in [6.45, 7) is 4.45. The summed E-state index contributed by atoms with van der Waals surface area (Å²) in [5.41, 5.74) is 2.50. The van der Waals surface area contributed by atoms with Crippen LogP contribution in [-0.2, 0) is 9.59 Å². The van der Waals surface area contributed by atoms with Gasteiger partial charge in [0.15, 0.2) is 0 Å². The summed E-state index contributed by atoms with van der Waals surface area (Å²) in [5.74, 6) is -1.14. The van der Waals surface area contributed by atoms with Gasteiger partial charge in [0.2, 0.25) is 0 Å². The first kappa shape index (κ1) is 19.7. The van der Waals surface area contributed by atoms with Crippen molar-refractivity contribution in [1.29, 1.82) is 0 Å². The first-order valence-corrected chi connectivity index (χ1v) is 9.42. The van der Waals surface area contributed by atoms with Crippen LogP contribution in [-0.4, -0.2) is 42.3 Å². The predicted octanol–water partition coefficient (Wildman–Crippen LogP) is 3.83. The second-order valence-corrected chi connectivity index (χ2v) is 7.70. The Balaban J connectivity index is 2.15. The second-order valence-electron chi connectivity index (χ2n) is 7.70. The van der Waals surface area contributed by atoms with Crippen molar-refractivity contribution < 1.29 is 14.7 Å². The molecule has 5 heteroatoms. The SMILES string of the molecule is CC(C)CN1C(=O)C(=O)/C(=C(\O)c2ccccc2)C1c1ccc(N(C)C)cc1. The molecule has 0 saturated carbocycles. The Morgan fingerprint density at radius 2 is 1.64 bits per heavy atom. The molecule has 2 aromatic carbocycles. The van der Waals surface area contributed by atoms with Gasteiger partial charge < -0.3 is 14.9 Å². The summed E-state index contributed by atoms with van der Waals surface area (Å²) in [6.07, 6.45) is 0. The molecule has 1 fully saturated rings. The lowest BCUT2D eigenvalue weighted by Crippen LogP contribution is -2.33. The molecule has 5 nitrogen and oxygen atoms in total. The molecule has 1 unspecified atom stereocenters. The number of nitrogens with zero attached hydrogens (tertiary/aromatic N) is 2. The van der Waals surface area contributed by atoms with E-state index in [1.165, 1.54) is 0 Å². The summed E-state index contributed by atoms with van der Waals surface area (Å²) < 4.78 is 0. The van der Waals surface area contributed by atoms with Gasteiger partial charge in [-0.15, -0.1) is 0 Å². The molecular weight excluding hydrogens is 352 g/mol. The Bertz CT molecular complexity index is 899. The van der Waals surface area contributed by atoms with Crippen LogP contribution < -0.4 is 4.90 Å². The van der Waals surface area contributed by atoms with Crippen LogP contribution in [0.15, 0.2) is 60.2 Å². The second kappa shape index (κ2) is 7.89. The lowest BCUT2D eigenvalue weighted by Gasteiger charge is -2.27. The maximum Gasteiger partial charge on any atom is 0.295 e. The average molecular weight is 378 g/mol. The quantitative estimate of drug-likeness (QED) is 0.488. The van der Waals surface area contributed by atoms with Gasteiger partial charge in [-0.25, -0.2) is 0 Å². The van der Waals surface area contributed by atoms with Crippen LogP contribution in [0.2, 0.25) is 0 Å². The Kier molecular flexibility index (Phi) is 5.54. The fourth-order valence-electron chi connectivity index (χ4n) is 3.51. The van der Waals surface area contributed by atoms with Gasteiger partial charge in [-0.1, -0.05) is 56.3 Å². The van der Waals surface area contributed by atoms with Crippen LogP contribution in [0.4, 0.5) is 5.69 Å². The first-order chi connectivity index (χ1) is 13.3. The molecule has 1 saturated heterocycles. The van der Waals surface area contributed by atoms with Crippen molar-refractivity contribution in [3.05, 3.63) is 71.3 Å². The van der Waals surface area contributed by atoms with Crippen molar-refractivity contribution in [2.24, 2.45) is 5.92 Å². The minimum absolute atomic E-state index is 0.133. The third-order valence-electron chi connectivity index (χ3n) is 4.87. The molecule has 3 rings (SSSR count). The number of likely N-dealkylation sites (tertiary alicyclic amines) is 1. The Morgan fingerprint density at radius 3 is 2.18 bits per heavy atom. The van der Waals surface area contributed by atoms with E-state index in [4.69, 9.17) is 0 Å². The van der Waals surface area contributed by atoms with Crippen molar-refractivity contribution >= 4 is 23.1 Å². The number of benzene rings is 2. The van der Waals surface area contributed by atoms with Gasteiger partial charge in [0, 0.05) is 31.9 Å². The molecule has 0 radical (unpaired) electrons. The third kappa shape index (κ3) is 3.65. The van der Waals surface area contributed by atoms with Gasteiger partial charge in [-0.05, 0) is 23.6 Å². The molecule has 0 aromatic heterocycles. The van der Waals surface area contributed by atoms with E-state index in [1.54, 1.807) is 29.2 Å². The van der Waals surface area contributed by atoms with Gasteiger partial charge in [-0.2, -0.15) is 0 Å². The molecule has 1 N–H and O–H groups in total. The number of Topliss-reactive ketones (excluding diaryl/α,β-unsaturated/α-hetero) is 1. The van der Waals surface area contributed by atoms with Gasteiger partial charge in [-0.3, -0.25) is 9.59 Å². The summed E-state index contributed by atoms with van der Waals surface area (Å²) >= 11 is 0. The topological polar surface area (TPSA) is 60.9 Å². The van der Waals surface area contributed by atoms with Crippen LogP contribution in [0.3, 0.4) is 0 Å². The molecule has 146 valence electrons. The number of ketones is 1. The van der Waals surface area contributed by atoms with Crippen LogP contribution in [0.1, 0.15) is 31.0 Å². The zero-order valence-corrected chi connectivity index (χ0v) is 16.7. The predicted molar refractivity (Wildman–Crippen MR) is 111 cm³/mol. The van der Waals surface area contributed by atoms with E-state index in [0.717, 1.165) is 11.3 Å². The number of carbonyl (C=O) groups is 2. The van der Waals surface area contributed by atoms with E-state index in [9.17, 15) is 14.7 Å². The van der Waals surface area contributed by atoms with Gasteiger partial charge in [0.25, 0.3) is 11.7 Å². The molecule has 1 amide bonds. The molecule has 1 aliphatic heterocycles. The number of aliphatic hydroxyl groups excluding tert-OH is 1. The van der Waals surface area contributed by atoms with Gasteiger partial charge in [0.1, 0.15) is 5.76 Å². The molecule has 1 heterocycles. The molecule has 0 spiro atoms. The molecule has 2 aromatic rings. The lowest BCUT2D eigenvalue weighted by atomic mass is 9.95. The summed E-state index contributed by atoms with van der Waals surface area (Å²) in [6, 6.07) is 16.0. The first-order valence-electron chi connectivity index (χ1n) is 9.42. The molecule has 0 aliphatic carbocycles. The normalized spacial score (nSPS) is 18.8. The molecule has 1 atom stereocenters. The van der Waals surface area contributed by atoms with Gasteiger partial charge in [0.05, 0.1) is 11.6 Å². The zero-order chi connectivity index (χ0) is 20.4. The van der Waals surface area contributed by atoms with Crippen molar-refractivity contribution in [2.75, 3.05) is 25.5 Å². The molecule has 1 aliphatic rings. The fraction of sp³-hybridized carbons (Fsp3) is 0.304. The Hall–Kier alpha value is -3.08. The maximum atomic E-state index is 12.9. The van der Waals surface area contributed by atoms with E-state index >= 15 is 0 Å². The number of carbonyl (C=O) groups excluding carboxylic acids is 2. The summed E-state index contributed by atoms with van der Waals surface area (Å²) in [5, 5.41) is 10.9. The van der Waals surface area contributed by atoms with Crippen LogP contribution in [0, 0.1) is 5.92 Å². The van der Waals surface area contributed by atoms with Crippen LogP contribution >= 0.6 is 0 Å². The van der Waals surface area contributed by atoms with Gasteiger partial charge >= 0.3 is 0 Å². The maximum absolute atomic E-state index is 12.9. The minimum atomic E-state index is -0.635. The number of hydrogen-bond donors (Lipinski definition) is 1. The fourth-order valence-corrected chi connectivity index (χ4v) is 3.51. The van der Waals surface area contributed by atoms with Crippen molar-refractivity contribution in [3.8, 4) is 0 Å². The molecule has 28 heavy (non-hydrogen) atoms. The van der Waals surface area contributed by atoms with Crippen LogP contribution in [0.5, 0.6) is 0 Å². The smallest absolute Gasteiger partial charge is 0.295 e. The molecule has 0 bridgehead atoms. The van der Waals surface area contributed by atoms with Crippen molar-refractivity contribution in [3.63, 3.8) is 0 Å². The van der Waals surface area contributed by atoms with Crippen LogP contribution in [0.25, 0.3) is 5.76 Å². The van der Waals surface area contributed by atoms with E-state index in [-0.39, 0.29) is 17.3 Å². The minimum Gasteiger partial charge on any atom is -0.507 e. The number of anilines is 1. The number of rotatable bonds is 5. The highest BCUT2D eigenvalue weighted by atomic mass is 16.3. The number of aliphatic hydroxyl groups is 1. The largest absolute Gasteiger partial charge is 0.507 e. The van der Waals surface area contributed by atoms with Crippen molar-refractivity contribution in [1.82, 2.24) is 4.90 Å². The average Bonchev–Trinajstić information content (AvgIpc) is 2.92. The highest BCUT2D eigenvalue weighted by Gasteiger charge is 2.46. The highest BCUT2D eigenvalue weighted by Crippen LogP contribution is 2.40. The summed E-state index contributed by atoms with van der Waals surface area (Å²) in [7, 11) is 3.91. The monoisotopic (exact) mass is 378 g/mol. The third-order valence-corrected chi connectivity index (χ3v) is 4.87.